The Balaban J connectivity index is 2.08. The Hall–Kier alpha value is -2.53. The van der Waals surface area contributed by atoms with Crippen LogP contribution in [-0.2, 0) is 9.59 Å². The number of carbonyl (C=O) groups is 2. The van der Waals surface area contributed by atoms with E-state index in [1.165, 1.54) is 6.92 Å². The maximum Gasteiger partial charge on any atom is 0.265 e. The second kappa shape index (κ2) is 8.91. The summed E-state index contributed by atoms with van der Waals surface area (Å²) in [4.78, 5) is 23.6. The quantitative estimate of drug-likeness (QED) is 0.720. The molecule has 0 saturated heterocycles. The highest BCUT2D eigenvalue weighted by Gasteiger charge is 2.18. The summed E-state index contributed by atoms with van der Waals surface area (Å²) in [6.07, 6.45) is -0.697. The Morgan fingerprint density at radius 1 is 1.04 bits per heavy atom. The average Bonchev–Trinajstić information content (AvgIpc) is 2.58. The van der Waals surface area contributed by atoms with Crippen molar-refractivity contribution < 1.29 is 14.3 Å². The Morgan fingerprint density at radius 2 is 1.74 bits per heavy atom. The first-order valence-electron chi connectivity index (χ1n) is 8.82. The van der Waals surface area contributed by atoms with Gasteiger partial charge < -0.3 is 15.4 Å². The van der Waals surface area contributed by atoms with E-state index in [-0.39, 0.29) is 11.8 Å². The standard InChI is InChI=1S/C21H25ClN2O3/c1-12(2)16-7-6-13(3)20(10-16)27-14(4)21(26)24-19-9-8-17(11-18(19)22)23-15(5)25/h6-12,14H,1-5H3,(H,23,25)(H,24,26). The minimum Gasteiger partial charge on any atom is -0.481 e. The van der Waals surface area contributed by atoms with E-state index in [1.807, 2.05) is 19.1 Å². The number of hydrogen-bond donors (Lipinski definition) is 2. The zero-order chi connectivity index (χ0) is 20.1. The van der Waals surface area contributed by atoms with Gasteiger partial charge in [-0.1, -0.05) is 37.6 Å². The Kier molecular flexibility index (Phi) is 6.86. The molecule has 0 heterocycles. The molecule has 0 radical (unpaired) electrons. The summed E-state index contributed by atoms with van der Waals surface area (Å²) in [5.41, 5.74) is 3.14. The van der Waals surface area contributed by atoms with Gasteiger partial charge in [-0.3, -0.25) is 9.59 Å². The molecule has 2 aromatic rings. The zero-order valence-corrected chi connectivity index (χ0v) is 17.0. The van der Waals surface area contributed by atoms with Crippen molar-refractivity contribution in [2.45, 2.75) is 46.6 Å². The van der Waals surface area contributed by atoms with Gasteiger partial charge in [-0.05, 0) is 55.2 Å². The molecule has 2 N–H and O–H groups in total. The van der Waals surface area contributed by atoms with Crippen molar-refractivity contribution in [1.29, 1.82) is 0 Å². The summed E-state index contributed by atoms with van der Waals surface area (Å²) in [6, 6.07) is 10.9. The topological polar surface area (TPSA) is 67.4 Å². The SMILES string of the molecule is CC(=O)Nc1ccc(NC(=O)C(C)Oc2cc(C(C)C)ccc2C)c(Cl)c1. The van der Waals surface area contributed by atoms with Gasteiger partial charge in [0.05, 0.1) is 10.7 Å². The molecule has 0 bridgehead atoms. The van der Waals surface area contributed by atoms with Gasteiger partial charge in [0.1, 0.15) is 5.75 Å². The molecule has 0 aliphatic carbocycles. The Morgan fingerprint density at radius 3 is 2.33 bits per heavy atom. The molecule has 5 nitrogen and oxygen atoms in total. The lowest BCUT2D eigenvalue weighted by Crippen LogP contribution is -2.30. The number of anilines is 2. The second-order valence-corrected chi connectivity index (χ2v) is 7.21. The predicted octanol–water partition coefficient (Wildman–Crippen LogP) is 5.14. The Labute approximate surface area is 165 Å². The normalized spacial score (nSPS) is 11.8. The van der Waals surface area contributed by atoms with Crippen LogP contribution in [0.5, 0.6) is 5.75 Å². The number of carbonyl (C=O) groups excluding carboxylic acids is 2. The first-order chi connectivity index (χ1) is 12.7. The molecule has 27 heavy (non-hydrogen) atoms. The van der Waals surface area contributed by atoms with E-state index in [0.29, 0.717) is 28.1 Å². The molecule has 2 aromatic carbocycles. The zero-order valence-electron chi connectivity index (χ0n) is 16.2. The fraction of sp³-hybridized carbons (Fsp3) is 0.333. The van der Waals surface area contributed by atoms with Crippen LogP contribution in [-0.4, -0.2) is 17.9 Å². The molecule has 1 unspecified atom stereocenters. The van der Waals surface area contributed by atoms with Gasteiger partial charge in [-0.15, -0.1) is 0 Å². The average molecular weight is 389 g/mol. The highest BCUT2D eigenvalue weighted by Crippen LogP contribution is 2.27. The third-order valence-electron chi connectivity index (χ3n) is 4.10. The summed E-state index contributed by atoms with van der Waals surface area (Å²) in [5, 5.41) is 5.73. The van der Waals surface area contributed by atoms with E-state index in [4.69, 9.17) is 16.3 Å². The Bertz CT molecular complexity index is 849. The maximum atomic E-state index is 12.5. The molecule has 0 aliphatic heterocycles. The molecule has 0 spiro atoms. The van der Waals surface area contributed by atoms with Crippen molar-refractivity contribution in [2.75, 3.05) is 10.6 Å². The van der Waals surface area contributed by atoms with Crippen LogP contribution in [0.4, 0.5) is 11.4 Å². The van der Waals surface area contributed by atoms with Crippen LogP contribution >= 0.6 is 11.6 Å². The van der Waals surface area contributed by atoms with E-state index in [2.05, 4.69) is 30.5 Å². The molecule has 0 aliphatic rings. The van der Waals surface area contributed by atoms with Crippen molar-refractivity contribution in [1.82, 2.24) is 0 Å². The second-order valence-electron chi connectivity index (χ2n) is 6.80. The lowest BCUT2D eigenvalue weighted by atomic mass is 10.0. The van der Waals surface area contributed by atoms with Crippen LogP contribution in [0.1, 0.15) is 44.7 Å². The summed E-state index contributed by atoms with van der Waals surface area (Å²) < 4.78 is 5.87. The molecular formula is C21H25ClN2O3. The van der Waals surface area contributed by atoms with E-state index >= 15 is 0 Å². The van der Waals surface area contributed by atoms with Crippen molar-refractivity contribution in [3.63, 3.8) is 0 Å². The van der Waals surface area contributed by atoms with Gasteiger partial charge in [0.2, 0.25) is 5.91 Å². The molecular weight excluding hydrogens is 364 g/mol. The number of nitrogens with one attached hydrogen (secondary N) is 2. The molecule has 0 fully saturated rings. The van der Waals surface area contributed by atoms with Crippen molar-refractivity contribution in [2.24, 2.45) is 0 Å². The third kappa shape index (κ3) is 5.73. The minimum atomic E-state index is -0.697. The first kappa shape index (κ1) is 20.8. The van der Waals surface area contributed by atoms with Crippen molar-refractivity contribution in [3.8, 4) is 5.75 Å². The minimum absolute atomic E-state index is 0.191. The molecule has 0 aromatic heterocycles. The molecule has 0 saturated carbocycles. The maximum absolute atomic E-state index is 12.5. The lowest BCUT2D eigenvalue weighted by molar-refractivity contribution is -0.122. The van der Waals surface area contributed by atoms with Crippen LogP contribution in [0.15, 0.2) is 36.4 Å². The summed E-state index contributed by atoms with van der Waals surface area (Å²) in [7, 11) is 0. The fourth-order valence-electron chi connectivity index (χ4n) is 2.48. The van der Waals surface area contributed by atoms with E-state index in [9.17, 15) is 9.59 Å². The van der Waals surface area contributed by atoms with Gasteiger partial charge in [0.15, 0.2) is 6.10 Å². The van der Waals surface area contributed by atoms with Gasteiger partial charge in [-0.25, -0.2) is 0 Å². The van der Waals surface area contributed by atoms with Crippen molar-refractivity contribution in [3.05, 3.63) is 52.5 Å². The van der Waals surface area contributed by atoms with Gasteiger partial charge in [0, 0.05) is 12.6 Å². The summed E-state index contributed by atoms with van der Waals surface area (Å²) in [6.45, 7) is 9.27. The highest BCUT2D eigenvalue weighted by molar-refractivity contribution is 6.34. The molecule has 2 amide bonds. The molecule has 1 atom stereocenters. The lowest BCUT2D eigenvalue weighted by Gasteiger charge is -2.18. The highest BCUT2D eigenvalue weighted by atomic mass is 35.5. The number of rotatable bonds is 6. The van der Waals surface area contributed by atoms with Gasteiger partial charge in [0.25, 0.3) is 5.91 Å². The number of halogens is 1. The number of amides is 2. The van der Waals surface area contributed by atoms with Gasteiger partial charge >= 0.3 is 0 Å². The van der Waals surface area contributed by atoms with Crippen LogP contribution in [0.25, 0.3) is 0 Å². The largest absolute Gasteiger partial charge is 0.481 e. The molecule has 6 heteroatoms. The van der Waals surface area contributed by atoms with Crippen LogP contribution in [0.2, 0.25) is 5.02 Å². The predicted molar refractivity (Wildman–Crippen MR) is 110 cm³/mol. The van der Waals surface area contributed by atoms with E-state index in [1.54, 1.807) is 25.1 Å². The summed E-state index contributed by atoms with van der Waals surface area (Å²) >= 11 is 6.20. The van der Waals surface area contributed by atoms with Crippen LogP contribution in [0.3, 0.4) is 0 Å². The van der Waals surface area contributed by atoms with E-state index < -0.39 is 6.10 Å². The fourth-order valence-corrected chi connectivity index (χ4v) is 2.71. The smallest absolute Gasteiger partial charge is 0.265 e. The third-order valence-corrected chi connectivity index (χ3v) is 4.41. The summed E-state index contributed by atoms with van der Waals surface area (Å²) in [5.74, 6) is 0.566. The number of aryl methyl sites for hydroxylation is 1. The number of benzene rings is 2. The molecule has 144 valence electrons. The molecule has 2 rings (SSSR count). The van der Waals surface area contributed by atoms with E-state index in [0.717, 1.165) is 11.1 Å². The first-order valence-corrected chi connectivity index (χ1v) is 9.20. The van der Waals surface area contributed by atoms with Crippen LogP contribution < -0.4 is 15.4 Å². The number of hydrogen-bond acceptors (Lipinski definition) is 3. The van der Waals surface area contributed by atoms with Gasteiger partial charge in [-0.2, -0.15) is 0 Å². The van der Waals surface area contributed by atoms with Crippen LogP contribution in [0, 0.1) is 6.92 Å². The number of ether oxygens (including phenoxy) is 1. The van der Waals surface area contributed by atoms with Crippen molar-refractivity contribution >= 4 is 34.8 Å². The monoisotopic (exact) mass is 388 g/mol.